The van der Waals surface area contributed by atoms with Crippen molar-refractivity contribution < 1.29 is 13.9 Å². The molecule has 3 saturated heterocycles. The highest BCUT2D eigenvalue weighted by Gasteiger charge is 2.47. The molecule has 1 saturated carbocycles. The van der Waals surface area contributed by atoms with Crippen LogP contribution in [0.4, 0.5) is 14.6 Å². The smallest absolute Gasteiger partial charge is 0.207 e. The molecule has 11 heteroatoms. The van der Waals surface area contributed by atoms with Crippen molar-refractivity contribution in [1.29, 1.82) is 0 Å². The fraction of sp³-hybridized carbons (Fsp3) is 0.500. The minimum absolute atomic E-state index is 0.0245. The number of fused-ring (bicyclic) bond motifs is 2. The molecular formula is C32H34ClF2N7O. The molecule has 0 unspecified atom stereocenters. The van der Waals surface area contributed by atoms with E-state index >= 15 is 4.39 Å². The van der Waals surface area contributed by atoms with Gasteiger partial charge in [0, 0.05) is 48.4 Å². The zero-order chi connectivity index (χ0) is 30.0. The SMILES string of the molecule is C=C1CN[C@@H](CC)CN1c1nc(C#C[C@@]23CCCN2C[C@H](F)C3)nc2c(F)c(-c3cc(O)cc(Cl)c3[C@@H]3C[C@H]3C)nnc12. The summed E-state index contributed by atoms with van der Waals surface area (Å²) in [6.45, 7) is 10.7. The summed E-state index contributed by atoms with van der Waals surface area (Å²) in [5.74, 6) is 6.66. The van der Waals surface area contributed by atoms with Gasteiger partial charge in [0.1, 0.15) is 23.1 Å². The van der Waals surface area contributed by atoms with E-state index in [-0.39, 0.29) is 40.3 Å². The van der Waals surface area contributed by atoms with Crippen molar-refractivity contribution in [3.63, 3.8) is 0 Å². The molecule has 1 aliphatic carbocycles. The lowest BCUT2D eigenvalue weighted by Gasteiger charge is -2.35. The average Bonchev–Trinajstić information content (AvgIpc) is 3.42. The van der Waals surface area contributed by atoms with Crippen molar-refractivity contribution >= 4 is 28.5 Å². The first-order valence-corrected chi connectivity index (χ1v) is 15.4. The van der Waals surface area contributed by atoms with E-state index < -0.39 is 17.5 Å². The Morgan fingerprint density at radius 3 is 2.81 bits per heavy atom. The summed E-state index contributed by atoms with van der Waals surface area (Å²) < 4.78 is 31.1. The van der Waals surface area contributed by atoms with Gasteiger partial charge in [0.2, 0.25) is 5.82 Å². The molecular weight excluding hydrogens is 572 g/mol. The number of aromatic nitrogens is 4. The Bertz CT molecular complexity index is 1710. The van der Waals surface area contributed by atoms with Gasteiger partial charge in [-0.05, 0) is 67.7 Å². The van der Waals surface area contributed by atoms with Crippen LogP contribution in [0.2, 0.25) is 5.02 Å². The first kappa shape index (κ1) is 28.4. The van der Waals surface area contributed by atoms with Crippen LogP contribution in [0.5, 0.6) is 5.75 Å². The van der Waals surface area contributed by atoms with Crippen LogP contribution >= 0.6 is 11.6 Å². The zero-order valence-corrected chi connectivity index (χ0v) is 25.1. The number of phenolic OH excluding ortho intramolecular Hbond substituents is 1. The summed E-state index contributed by atoms with van der Waals surface area (Å²) in [6.07, 6.45) is 2.94. The Hall–Kier alpha value is -3.39. The third-order valence-corrected chi connectivity index (χ3v) is 9.83. The van der Waals surface area contributed by atoms with Gasteiger partial charge in [-0.3, -0.25) is 4.90 Å². The maximum atomic E-state index is 16.7. The molecule has 0 amide bonds. The van der Waals surface area contributed by atoms with E-state index in [0.717, 1.165) is 43.5 Å². The highest BCUT2D eigenvalue weighted by Crippen LogP contribution is 2.53. The monoisotopic (exact) mass is 605 g/mol. The number of hydrogen-bond donors (Lipinski definition) is 2. The number of anilines is 1. The van der Waals surface area contributed by atoms with E-state index in [2.05, 4.69) is 57.7 Å². The standard InChI is InChI=1S/C32H34ClF2N7O/c1-4-20-16-42(18(3)14-36-20)31-30-29(37-25(38-31)6-8-32-7-5-9-41(32)15-19(34)13-32)27(35)28(39-40-30)23-11-21(43)12-24(33)26(23)22-10-17(22)2/h11-12,17,19-20,22,36,43H,3-5,7,9-10,13-16H2,1-2H3/t17-,19-,20+,22-,32-/m1/s1. The lowest BCUT2D eigenvalue weighted by molar-refractivity contribution is 0.255. The topological polar surface area (TPSA) is 90.3 Å². The number of phenols is 1. The molecule has 1 aromatic carbocycles. The minimum atomic E-state index is -0.925. The van der Waals surface area contributed by atoms with Crippen molar-refractivity contribution in [2.45, 2.75) is 69.6 Å². The Labute approximate surface area is 254 Å². The number of nitrogens with one attached hydrogen (secondary N) is 1. The summed E-state index contributed by atoms with van der Waals surface area (Å²) >= 11 is 6.58. The molecule has 0 bridgehead atoms. The fourth-order valence-corrected chi connectivity index (χ4v) is 7.36. The maximum Gasteiger partial charge on any atom is 0.207 e. The number of halogens is 3. The number of aromatic hydroxyl groups is 1. The van der Waals surface area contributed by atoms with Crippen molar-refractivity contribution in [3.8, 4) is 28.8 Å². The van der Waals surface area contributed by atoms with Crippen LogP contribution in [0.3, 0.4) is 0 Å². The largest absolute Gasteiger partial charge is 0.508 e. The number of hydrogen-bond acceptors (Lipinski definition) is 8. The quantitative estimate of drug-likeness (QED) is 0.386. The van der Waals surface area contributed by atoms with Crippen LogP contribution in [0.15, 0.2) is 24.4 Å². The van der Waals surface area contributed by atoms with E-state index in [1.54, 1.807) is 0 Å². The van der Waals surface area contributed by atoms with Crippen LogP contribution in [0, 0.1) is 23.6 Å². The van der Waals surface area contributed by atoms with Crippen molar-refractivity contribution in [2.24, 2.45) is 5.92 Å². The molecule has 8 nitrogen and oxygen atoms in total. The molecule has 3 aromatic rings. The molecule has 3 aliphatic heterocycles. The molecule has 2 aromatic heterocycles. The summed E-state index contributed by atoms with van der Waals surface area (Å²) in [6, 6.07) is 3.13. The Morgan fingerprint density at radius 1 is 1.23 bits per heavy atom. The van der Waals surface area contributed by atoms with Gasteiger partial charge in [0.25, 0.3) is 0 Å². The summed E-state index contributed by atoms with van der Waals surface area (Å²) in [4.78, 5) is 13.4. The molecule has 5 heterocycles. The normalized spacial score (nSPS) is 28.7. The third kappa shape index (κ3) is 4.91. The lowest BCUT2D eigenvalue weighted by atomic mass is 9.94. The summed E-state index contributed by atoms with van der Waals surface area (Å²) in [5.41, 5.74) is 1.49. The number of nitrogens with zero attached hydrogens (tertiary/aromatic N) is 6. The van der Waals surface area contributed by atoms with Crippen molar-refractivity contribution in [3.05, 3.63) is 46.6 Å². The predicted octanol–water partition coefficient (Wildman–Crippen LogP) is 5.34. The molecule has 0 radical (unpaired) electrons. The van der Waals surface area contributed by atoms with Crippen LogP contribution < -0.4 is 10.2 Å². The Balaban J connectivity index is 1.41. The first-order chi connectivity index (χ1) is 20.7. The first-order valence-electron chi connectivity index (χ1n) is 15.0. The second kappa shape index (κ2) is 10.7. The molecule has 0 spiro atoms. The van der Waals surface area contributed by atoms with Gasteiger partial charge in [0.05, 0.1) is 5.54 Å². The zero-order valence-electron chi connectivity index (χ0n) is 24.3. The fourth-order valence-electron chi connectivity index (χ4n) is 7.01. The number of alkyl halides is 1. The van der Waals surface area contributed by atoms with Crippen LogP contribution in [0.25, 0.3) is 22.3 Å². The van der Waals surface area contributed by atoms with Crippen LogP contribution in [-0.4, -0.2) is 74.1 Å². The van der Waals surface area contributed by atoms with E-state index in [0.29, 0.717) is 48.4 Å². The number of rotatable bonds is 4. The third-order valence-electron chi connectivity index (χ3n) is 9.52. The number of piperazine rings is 1. The maximum absolute atomic E-state index is 16.7. The summed E-state index contributed by atoms with van der Waals surface area (Å²) in [5, 5.41) is 23.0. The average molecular weight is 606 g/mol. The highest BCUT2D eigenvalue weighted by molar-refractivity contribution is 6.32. The molecule has 4 aliphatic rings. The van der Waals surface area contributed by atoms with Crippen LogP contribution in [0.1, 0.15) is 63.3 Å². The Kier molecular flexibility index (Phi) is 7.03. The van der Waals surface area contributed by atoms with Gasteiger partial charge in [-0.1, -0.05) is 37.9 Å². The number of benzene rings is 1. The predicted molar refractivity (Wildman–Crippen MR) is 162 cm³/mol. The highest BCUT2D eigenvalue weighted by atomic mass is 35.5. The van der Waals surface area contributed by atoms with Gasteiger partial charge in [-0.15, -0.1) is 10.2 Å². The van der Waals surface area contributed by atoms with Crippen LogP contribution in [-0.2, 0) is 0 Å². The second-order valence-electron chi connectivity index (χ2n) is 12.4. The van der Waals surface area contributed by atoms with Gasteiger partial charge in [-0.25, -0.2) is 18.7 Å². The van der Waals surface area contributed by atoms with E-state index in [9.17, 15) is 9.50 Å². The van der Waals surface area contributed by atoms with Crippen molar-refractivity contribution in [1.82, 2.24) is 30.4 Å². The van der Waals surface area contributed by atoms with Gasteiger partial charge < -0.3 is 15.3 Å². The van der Waals surface area contributed by atoms with Gasteiger partial charge >= 0.3 is 0 Å². The summed E-state index contributed by atoms with van der Waals surface area (Å²) in [7, 11) is 0. The van der Waals surface area contributed by atoms with E-state index in [1.807, 2.05) is 4.90 Å². The Morgan fingerprint density at radius 2 is 2.05 bits per heavy atom. The van der Waals surface area contributed by atoms with E-state index in [1.165, 1.54) is 12.1 Å². The molecule has 7 rings (SSSR count). The lowest BCUT2D eigenvalue weighted by Crippen LogP contribution is -2.49. The molecule has 5 atom stereocenters. The van der Waals surface area contributed by atoms with Gasteiger partial charge in [0.15, 0.2) is 17.2 Å². The second-order valence-corrected chi connectivity index (χ2v) is 12.8. The molecule has 4 fully saturated rings. The minimum Gasteiger partial charge on any atom is -0.508 e. The van der Waals surface area contributed by atoms with Gasteiger partial charge in [-0.2, -0.15) is 0 Å². The molecule has 43 heavy (non-hydrogen) atoms. The van der Waals surface area contributed by atoms with Crippen molar-refractivity contribution in [2.75, 3.05) is 31.1 Å². The molecule has 224 valence electrons. The molecule has 2 N–H and O–H groups in total. The van der Waals surface area contributed by atoms with E-state index in [4.69, 9.17) is 16.6 Å².